The van der Waals surface area contributed by atoms with E-state index in [0.717, 1.165) is 12.2 Å². The zero-order valence-electron chi connectivity index (χ0n) is 13.3. The van der Waals surface area contributed by atoms with Crippen molar-refractivity contribution in [2.45, 2.75) is 57.8 Å². The third-order valence-electron chi connectivity index (χ3n) is 4.33. The molecule has 0 radical (unpaired) electrons. The molecule has 6 nitrogen and oxygen atoms in total. The van der Waals surface area contributed by atoms with E-state index in [9.17, 15) is 5.11 Å². The van der Waals surface area contributed by atoms with Gasteiger partial charge in [-0.2, -0.15) is 0 Å². The third kappa shape index (κ3) is 4.76. The fraction of sp³-hybridized carbons (Fsp3) is 0.867. The van der Waals surface area contributed by atoms with Gasteiger partial charge in [0.05, 0.1) is 24.9 Å². The molecular formula is C15H28N4O2. The topological polar surface area (TPSA) is 72.2 Å². The van der Waals surface area contributed by atoms with E-state index in [1.165, 1.54) is 19.3 Å². The molecule has 0 saturated heterocycles. The summed E-state index contributed by atoms with van der Waals surface area (Å²) in [5.41, 5.74) is 0. The molecule has 0 amide bonds. The lowest BCUT2D eigenvalue weighted by Crippen LogP contribution is -2.35. The van der Waals surface area contributed by atoms with Crippen molar-refractivity contribution in [3.63, 3.8) is 0 Å². The third-order valence-corrected chi connectivity index (χ3v) is 4.33. The Hall–Kier alpha value is -0.980. The molecule has 1 aliphatic rings. The van der Waals surface area contributed by atoms with E-state index in [1.807, 2.05) is 18.5 Å². The predicted octanol–water partition coefficient (Wildman–Crippen LogP) is 1.42. The van der Waals surface area contributed by atoms with Crippen molar-refractivity contribution in [1.29, 1.82) is 0 Å². The van der Waals surface area contributed by atoms with Crippen LogP contribution in [-0.4, -0.2) is 45.2 Å². The van der Waals surface area contributed by atoms with Gasteiger partial charge in [-0.1, -0.05) is 19.8 Å². The zero-order valence-corrected chi connectivity index (χ0v) is 13.3. The Balaban J connectivity index is 1.67. The number of hydrogen-bond acceptors (Lipinski definition) is 5. The molecule has 21 heavy (non-hydrogen) atoms. The lowest BCUT2D eigenvalue weighted by Gasteiger charge is -2.29. The molecule has 4 atom stereocenters. The summed E-state index contributed by atoms with van der Waals surface area (Å²) in [6.07, 6.45) is 6.41. The molecule has 1 aliphatic carbocycles. The van der Waals surface area contributed by atoms with Gasteiger partial charge in [-0.25, -0.2) is 0 Å². The van der Waals surface area contributed by atoms with Crippen molar-refractivity contribution < 1.29 is 9.84 Å². The molecule has 1 aromatic heterocycles. The highest BCUT2D eigenvalue weighted by molar-refractivity contribution is 4.92. The van der Waals surface area contributed by atoms with Gasteiger partial charge in [-0.15, -0.1) is 10.2 Å². The summed E-state index contributed by atoms with van der Waals surface area (Å²) in [5, 5.41) is 21.2. The Kier molecular flexibility index (Phi) is 6.14. The van der Waals surface area contributed by atoms with Gasteiger partial charge in [0.15, 0.2) is 0 Å². The molecule has 2 rings (SSSR count). The van der Waals surface area contributed by atoms with Gasteiger partial charge < -0.3 is 19.7 Å². The van der Waals surface area contributed by atoms with Gasteiger partial charge in [-0.05, 0) is 25.7 Å². The second kappa shape index (κ2) is 7.87. The molecule has 120 valence electrons. The number of nitrogens with one attached hydrogen (secondary N) is 1. The summed E-state index contributed by atoms with van der Waals surface area (Å²) in [5.74, 6) is 1.47. The number of aromatic nitrogens is 3. The number of aliphatic hydroxyl groups is 1. The highest BCUT2D eigenvalue weighted by Gasteiger charge is 2.22. The molecule has 0 spiro atoms. The number of hydrogen-bond donors (Lipinski definition) is 2. The maximum atomic E-state index is 10.1. The van der Waals surface area contributed by atoms with Crippen LogP contribution < -0.4 is 5.32 Å². The number of nitrogens with zero attached hydrogens (tertiary/aromatic N) is 3. The molecule has 0 bridgehead atoms. The van der Waals surface area contributed by atoms with Crippen LogP contribution >= 0.6 is 0 Å². The molecule has 1 heterocycles. The van der Waals surface area contributed by atoms with Crippen molar-refractivity contribution in [3.05, 3.63) is 12.2 Å². The summed E-state index contributed by atoms with van der Waals surface area (Å²) in [7, 11) is 1.91. The lowest BCUT2D eigenvalue weighted by molar-refractivity contribution is -0.0456. The van der Waals surface area contributed by atoms with Crippen LogP contribution in [0.25, 0.3) is 0 Å². The van der Waals surface area contributed by atoms with Crippen molar-refractivity contribution in [3.8, 4) is 0 Å². The summed E-state index contributed by atoms with van der Waals surface area (Å²) in [6, 6.07) is 0.0563. The van der Waals surface area contributed by atoms with E-state index in [2.05, 4.69) is 22.4 Å². The molecule has 4 unspecified atom stereocenters. The quantitative estimate of drug-likeness (QED) is 0.796. The van der Waals surface area contributed by atoms with Gasteiger partial charge in [0.2, 0.25) is 0 Å². The maximum Gasteiger partial charge on any atom is 0.149 e. The monoisotopic (exact) mass is 296 g/mol. The molecular weight excluding hydrogens is 268 g/mol. The Labute approximate surface area is 126 Å². The predicted molar refractivity (Wildman–Crippen MR) is 80.8 cm³/mol. The minimum Gasteiger partial charge on any atom is -0.389 e. The van der Waals surface area contributed by atoms with Crippen LogP contribution in [0.3, 0.4) is 0 Å². The first kappa shape index (κ1) is 16.4. The maximum absolute atomic E-state index is 10.1. The minimum atomic E-state index is -0.491. The standard InChI is InChI=1S/C15H28N4O2/c1-11-6-4-5-7-14(11)21-9-13(20)8-16-12(2)15-18-17-10-19(15)3/h10-14,16,20H,4-9H2,1-3H3. The van der Waals surface area contributed by atoms with Crippen molar-refractivity contribution in [2.24, 2.45) is 13.0 Å². The van der Waals surface area contributed by atoms with E-state index in [1.54, 1.807) is 6.33 Å². The van der Waals surface area contributed by atoms with Gasteiger partial charge in [0.1, 0.15) is 12.2 Å². The highest BCUT2D eigenvalue weighted by atomic mass is 16.5. The smallest absolute Gasteiger partial charge is 0.149 e. The molecule has 1 fully saturated rings. The molecule has 6 heteroatoms. The van der Waals surface area contributed by atoms with E-state index in [4.69, 9.17) is 4.74 Å². The summed E-state index contributed by atoms with van der Waals surface area (Å²) in [4.78, 5) is 0. The normalized spacial score (nSPS) is 25.7. The second-order valence-corrected chi connectivity index (χ2v) is 6.22. The van der Waals surface area contributed by atoms with Crippen molar-refractivity contribution >= 4 is 0 Å². The number of aliphatic hydroxyl groups excluding tert-OH is 1. The fourth-order valence-electron chi connectivity index (χ4n) is 2.91. The number of rotatable bonds is 7. The van der Waals surface area contributed by atoms with Crippen LogP contribution in [-0.2, 0) is 11.8 Å². The van der Waals surface area contributed by atoms with Gasteiger partial charge in [0, 0.05) is 13.6 Å². The number of ether oxygens (including phenoxy) is 1. The van der Waals surface area contributed by atoms with Gasteiger partial charge in [-0.3, -0.25) is 0 Å². The minimum absolute atomic E-state index is 0.0563. The van der Waals surface area contributed by atoms with Gasteiger partial charge >= 0.3 is 0 Å². The SMILES string of the molecule is CC(NCC(O)COC1CCCCC1C)c1nncn1C. The Bertz CT molecular complexity index is 424. The second-order valence-electron chi connectivity index (χ2n) is 6.22. The van der Waals surface area contributed by atoms with E-state index in [-0.39, 0.29) is 6.04 Å². The fourth-order valence-corrected chi connectivity index (χ4v) is 2.91. The van der Waals surface area contributed by atoms with Crippen molar-refractivity contribution in [1.82, 2.24) is 20.1 Å². The molecule has 1 saturated carbocycles. The Morgan fingerprint density at radius 2 is 2.24 bits per heavy atom. The highest BCUT2D eigenvalue weighted by Crippen LogP contribution is 2.26. The zero-order chi connectivity index (χ0) is 15.2. The van der Waals surface area contributed by atoms with Gasteiger partial charge in [0.25, 0.3) is 0 Å². The van der Waals surface area contributed by atoms with Crippen LogP contribution in [0.5, 0.6) is 0 Å². The first-order valence-electron chi connectivity index (χ1n) is 7.95. The van der Waals surface area contributed by atoms with Crippen LogP contribution in [0.2, 0.25) is 0 Å². The molecule has 1 aromatic rings. The first-order chi connectivity index (χ1) is 10.1. The number of aryl methyl sites for hydroxylation is 1. The van der Waals surface area contributed by atoms with E-state index in [0.29, 0.717) is 25.2 Å². The van der Waals surface area contributed by atoms with Crippen LogP contribution in [0.4, 0.5) is 0 Å². The summed E-state index contributed by atoms with van der Waals surface area (Å²) < 4.78 is 7.76. The van der Waals surface area contributed by atoms with E-state index >= 15 is 0 Å². The molecule has 0 aliphatic heterocycles. The molecule has 0 aromatic carbocycles. The average molecular weight is 296 g/mol. The average Bonchev–Trinajstić information content (AvgIpc) is 2.90. The van der Waals surface area contributed by atoms with Crippen LogP contribution in [0.15, 0.2) is 6.33 Å². The molecule has 2 N–H and O–H groups in total. The largest absolute Gasteiger partial charge is 0.389 e. The van der Waals surface area contributed by atoms with E-state index < -0.39 is 6.10 Å². The summed E-state index contributed by atoms with van der Waals surface area (Å²) in [6.45, 7) is 5.15. The van der Waals surface area contributed by atoms with Crippen LogP contribution in [0, 0.1) is 5.92 Å². The Morgan fingerprint density at radius 3 is 2.90 bits per heavy atom. The summed E-state index contributed by atoms with van der Waals surface area (Å²) >= 11 is 0. The lowest BCUT2D eigenvalue weighted by atomic mass is 9.88. The van der Waals surface area contributed by atoms with Crippen molar-refractivity contribution in [2.75, 3.05) is 13.2 Å². The first-order valence-corrected chi connectivity index (χ1v) is 7.95. The Morgan fingerprint density at radius 1 is 1.48 bits per heavy atom. The van der Waals surface area contributed by atoms with Crippen LogP contribution in [0.1, 0.15) is 51.4 Å².